The molecule has 1 aromatic heterocycles. The smallest absolute Gasteiger partial charge is 0.161 e. The number of aliphatic hydroxyl groups is 1. The summed E-state index contributed by atoms with van der Waals surface area (Å²) in [5.41, 5.74) is 2.20. The van der Waals surface area contributed by atoms with Gasteiger partial charge in [-0.15, -0.1) is 0 Å². The van der Waals surface area contributed by atoms with E-state index >= 15 is 0 Å². The number of hydrogen-bond acceptors (Lipinski definition) is 5. The zero-order valence-corrected chi connectivity index (χ0v) is 14.7. The van der Waals surface area contributed by atoms with Gasteiger partial charge < -0.3 is 9.67 Å². The highest BCUT2D eigenvalue weighted by Crippen LogP contribution is 2.45. The fourth-order valence-electron chi connectivity index (χ4n) is 4.58. The molecule has 0 bridgehead atoms. The van der Waals surface area contributed by atoms with Gasteiger partial charge in [0.1, 0.15) is 5.82 Å². The van der Waals surface area contributed by atoms with Crippen LogP contribution in [0.3, 0.4) is 0 Å². The van der Waals surface area contributed by atoms with Crippen LogP contribution in [0.4, 0.5) is 0 Å². The number of benzene rings is 1. The Kier molecular flexibility index (Phi) is 3.69. The zero-order chi connectivity index (χ0) is 16.9. The Hall–Kier alpha value is -1.47. The third-order valence-electron chi connectivity index (χ3n) is 6.17. The molecule has 2 fully saturated rings. The molecule has 1 aliphatic heterocycles. The summed E-state index contributed by atoms with van der Waals surface area (Å²) < 4.78 is 2.25. The second kappa shape index (κ2) is 5.52. The second-order valence-corrected chi connectivity index (χ2v) is 7.62. The normalized spacial score (nSPS) is 33.8. The molecule has 0 amide bonds. The molecule has 2 aromatic rings. The molecule has 1 atom stereocenters. The van der Waals surface area contributed by atoms with E-state index in [9.17, 15) is 5.11 Å². The van der Waals surface area contributed by atoms with Crippen LogP contribution in [0, 0.1) is 0 Å². The van der Waals surface area contributed by atoms with Crippen LogP contribution in [-0.2, 0) is 12.6 Å². The fourth-order valence-corrected chi connectivity index (χ4v) is 4.58. The fraction of sp³-hybridized carbons (Fsp3) is 0.611. The molecule has 1 spiro atoms. The first-order valence-corrected chi connectivity index (χ1v) is 8.74. The Morgan fingerprint density at radius 1 is 1.21 bits per heavy atom. The first-order valence-electron chi connectivity index (χ1n) is 8.74. The monoisotopic (exact) mass is 329 g/mol. The van der Waals surface area contributed by atoms with Gasteiger partial charge in [-0.25, -0.2) is 4.98 Å². The number of hydrogen-bond donors (Lipinski definition) is 3. The Morgan fingerprint density at radius 3 is 2.50 bits per heavy atom. The van der Waals surface area contributed by atoms with Crippen LogP contribution in [0.25, 0.3) is 11.0 Å². The number of nitrogens with one attached hydrogen (secondary N) is 2. The number of aryl methyl sites for hydroxylation is 1. The highest BCUT2D eigenvalue weighted by molar-refractivity contribution is 5.76. The van der Waals surface area contributed by atoms with Crippen molar-refractivity contribution in [3.8, 4) is 0 Å². The summed E-state index contributed by atoms with van der Waals surface area (Å²) >= 11 is 0. The molecule has 1 saturated carbocycles. The summed E-state index contributed by atoms with van der Waals surface area (Å²) in [5.74, 6) is 1.15. The maximum Gasteiger partial charge on any atom is 0.161 e. The average molecular weight is 329 g/mol. The lowest BCUT2D eigenvalue weighted by molar-refractivity contribution is 0.0427. The maximum atomic E-state index is 9.79. The van der Waals surface area contributed by atoms with Crippen molar-refractivity contribution in [1.82, 2.24) is 25.1 Å². The minimum absolute atomic E-state index is 0.0174. The van der Waals surface area contributed by atoms with E-state index in [1.54, 1.807) is 0 Å². The minimum Gasteiger partial charge on any atom is -0.365 e. The quantitative estimate of drug-likeness (QED) is 0.770. The number of fused-ring (bicyclic) bond motifs is 1. The molecule has 2 aliphatic rings. The van der Waals surface area contributed by atoms with Crippen molar-refractivity contribution in [2.75, 3.05) is 20.6 Å². The lowest BCUT2D eigenvalue weighted by atomic mass is 9.71. The topological polar surface area (TPSA) is 65.4 Å². The van der Waals surface area contributed by atoms with Crippen LogP contribution in [0.15, 0.2) is 24.3 Å². The van der Waals surface area contributed by atoms with Crippen molar-refractivity contribution in [1.29, 1.82) is 0 Å². The summed E-state index contributed by atoms with van der Waals surface area (Å²) in [4.78, 5) is 7.33. The molecule has 3 N–H and O–H groups in total. The predicted molar refractivity (Wildman–Crippen MR) is 94.4 cm³/mol. The van der Waals surface area contributed by atoms with Gasteiger partial charge in [-0.3, -0.25) is 15.5 Å². The number of aromatic nitrogens is 2. The van der Waals surface area contributed by atoms with E-state index < -0.39 is 6.35 Å². The van der Waals surface area contributed by atoms with Crippen molar-refractivity contribution in [2.45, 2.75) is 43.1 Å². The Morgan fingerprint density at radius 2 is 1.92 bits per heavy atom. The van der Waals surface area contributed by atoms with Gasteiger partial charge in [-0.1, -0.05) is 12.1 Å². The molecule has 6 heteroatoms. The number of imidazole rings is 1. The number of nitrogens with zero attached hydrogens (tertiary/aromatic N) is 3. The van der Waals surface area contributed by atoms with E-state index in [4.69, 9.17) is 4.98 Å². The molecule has 0 radical (unpaired) electrons. The van der Waals surface area contributed by atoms with Crippen LogP contribution in [0.2, 0.25) is 0 Å². The van der Waals surface area contributed by atoms with Crippen molar-refractivity contribution >= 4 is 11.0 Å². The van der Waals surface area contributed by atoms with Gasteiger partial charge in [0.05, 0.1) is 16.6 Å². The van der Waals surface area contributed by atoms with E-state index in [-0.39, 0.29) is 11.1 Å². The van der Waals surface area contributed by atoms with Gasteiger partial charge in [0.25, 0.3) is 0 Å². The van der Waals surface area contributed by atoms with Crippen LogP contribution < -0.4 is 10.6 Å². The summed E-state index contributed by atoms with van der Waals surface area (Å²) in [6, 6.07) is 8.35. The standard InChI is InChI=1S/C18H27N5O/c1-22(2)18(10-8-17(9-11-18)12-19-16(24)21-17)15-20-13-6-4-5-7-14(13)23(15)3/h4-7,16,19,21,24H,8-12H2,1-3H3/t16?,17-,18+. The lowest BCUT2D eigenvalue weighted by Crippen LogP contribution is -2.55. The number of aliphatic hydroxyl groups excluding tert-OH is 1. The van der Waals surface area contributed by atoms with Crippen molar-refractivity contribution in [2.24, 2.45) is 7.05 Å². The molecule has 4 rings (SSSR count). The van der Waals surface area contributed by atoms with Gasteiger partial charge in [0, 0.05) is 19.1 Å². The molecular weight excluding hydrogens is 302 g/mol. The Bertz CT molecular complexity index is 745. The molecule has 1 saturated heterocycles. The van der Waals surface area contributed by atoms with Crippen LogP contribution in [0.5, 0.6) is 0 Å². The molecule has 2 heterocycles. The van der Waals surface area contributed by atoms with Gasteiger partial charge >= 0.3 is 0 Å². The van der Waals surface area contributed by atoms with E-state index in [0.29, 0.717) is 0 Å². The molecule has 1 unspecified atom stereocenters. The Labute approximate surface area is 142 Å². The molecule has 1 aliphatic carbocycles. The van der Waals surface area contributed by atoms with Crippen LogP contribution >= 0.6 is 0 Å². The van der Waals surface area contributed by atoms with E-state index in [1.807, 2.05) is 6.07 Å². The molecular formula is C18H27N5O. The summed E-state index contributed by atoms with van der Waals surface area (Å²) in [6.45, 7) is 0.834. The summed E-state index contributed by atoms with van der Waals surface area (Å²) in [7, 11) is 6.44. The maximum absolute atomic E-state index is 9.79. The van der Waals surface area contributed by atoms with Crippen LogP contribution in [0.1, 0.15) is 31.5 Å². The van der Waals surface area contributed by atoms with E-state index in [2.05, 4.69) is 59.4 Å². The van der Waals surface area contributed by atoms with Gasteiger partial charge in [-0.2, -0.15) is 0 Å². The third kappa shape index (κ3) is 2.29. The van der Waals surface area contributed by atoms with Crippen molar-refractivity contribution in [3.05, 3.63) is 30.1 Å². The lowest BCUT2D eigenvalue weighted by Gasteiger charge is -2.47. The third-order valence-corrected chi connectivity index (χ3v) is 6.17. The minimum atomic E-state index is -0.576. The highest BCUT2D eigenvalue weighted by atomic mass is 16.3. The molecule has 6 nitrogen and oxygen atoms in total. The summed E-state index contributed by atoms with van der Waals surface area (Å²) in [5, 5.41) is 16.2. The molecule has 24 heavy (non-hydrogen) atoms. The van der Waals surface area contributed by atoms with Gasteiger partial charge in [0.15, 0.2) is 6.35 Å². The number of para-hydroxylation sites is 2. The second-order valence-electron chi connectivity index (χ2n) is 7.62. The first-order chi connectivity index (χ1) is 11.5. The van der Waals surface area contributed by atoms with Crippen molar-refractivity contribution < 1.29 is 5.11 Å². The average Bonchev–Trinajstić information content (AvgIpc) is 3.10. The number of rotatable bonds is 2. The predicted octanol–water partition coefficient (Wildman–Crippen LogP) is 1.11. The van der Waals surface area contributed by atoms with Gasteiger partial charge in [0.2, 0.25) is 0 Å². The van der Waals surface area contributed by atoms with Gasteiger partial charge in [-0.05, 0) is 51.9 Å². The molecule has 130 valence electrons. The zero-order valence-electron chi connectivity index (χ0n) is 14.7. The first kappa shape index (κ1) is 16.0. The van der Waals surface area contributed by atoms with E-state index in [1.165, 1.54) is 5.52 Å². The largest absolute Gasteiger partial charge is 0.365 e. The highest BCUT2D eigenvalue weighted by Gasteiger charge is 2.49. The summed E-state index contributed by atoms with van der Waals surface area (Å²) in [6.07, 6.45) is 3.53. The SMILES string of the molecule is Cn1c2ccccc2nc1[C@]1(N(C)C)CC[C@@]2(CC1)CNC(O)N2. The Balaban J connectivity index is 1.71. The van der Waals surface area contributed by atoms with E-state index in [0.717, 1.165) is 43.6 Å². The van der Waals surface area contributed by atoms with Crippen LogP contribution in [-0.4, -0.2) is 52.1 Å². The van der Waals surface area contributed by atoms with Crippen molar-refractivity contribution in [3.63, 3.8) is 0 Å². The molecule has 1 aromatic carbocycles.